The second-order valence-electron chi connectivity index (χ2n) is 5.60. The zero-order chi connectivity index (χ0) is 18.4. The van der Waals surface area contributed by atoms with E-state index in [4.69, 9.17) is 28.2 Å². The fourth-order valence-corrected chi connectivity index (χ4v) is 3.04. The molecule has 3 aromatic rings. The summed E-state index contributed by atoms with van der Waals surface area (Å²) >= 11 is 11.7. The average Bonchev–Trinajstić information content (AvgIpc) is 3.17. The van der Waals surface area contributed by atoms with Crippen LogP contribution in [-0.4, -0.2) is 5.11 Å². The zero-order valence-electron chi connectivity index (χ0n) is 13.8. The maximum absolute atomic E-state index is 9.57. The van der Waals surface area contributed by atoms with Gasteiger partial charge in [-0.15, -0.1) is 0 Å². The molecule has 0 radical (unpaired) electrons. The summed E-state index contributed by atoms with van der Waals surface area (Å²) in [4.78, 5) is 0. The van der Waals surface area contributed by atoms with Gasteiger partial charge in [-0.2, -0.15) is 5.26 Å². The number of thiocarbonyl (C=S) groups is 1. The maximum atomic E-state index is 9.57. The largest absolute Gasteiger partial charge is 0.467 e. The fraction of sp³-hybridized carbons (Fsp3) is 0.100. The summed E-state index contributed by atoms with van der Waals surface area (Å²) in [6.45, 7) is 0.495. The highest BCUT2D eigenvalue weighted by atomic mass is 35.5. The Morgan fingerprint density at radius 2 is 1.96 bits per heavy atom. The van der Waals surface area contributed by atoms with Crippen LogP contribution in [0.4, 0.5) is 5.69 Å². The molecule has 1 aromatic heterocycles. The number of anilines is 1. The Hall–Kier alpha value is -2.81. The molecule has 0 aliphatic rings. The summed E-state index contributed by atoms with van der Waals surface area (Å²) < 4.78 is 5.25. The molecule has 1 heterocycles. The minimum atomic E-state index is -0.415. The Balaban J connectivity index is 1.69. The van der Waals surface area contributed by atoms with Crippen LogP contribution in [0.1, 0.15) is 22.8 Å². The fourth-order valence-electron chi connectivity index (χ4n) is 2.56. The molecule has 0 spiro atoms. The van der Waals surface area contributed by atoms with Gasteiger partial charge in [-0.3, -0.25) is 0 Å². The van der Waals surface area contributed by atoms with Crippen molar-refractivity contribution in [2.45, 2.75) is 12.5 Å². The van der Waals surface area contributed by atoms with E-state index in [1.165, 1.54) is 0 Å². The molecular weight excluding hydrogens is 366 g/mol. The highest BCUT2D eigenvalue weighted by molar-refractivity contribution is 7.80. The number of nitriles is 1. The van der Waals surface area contributed by atoms with Crippen LogP contribution in [0.3, 0.4) is 0 Å². The minimum absolute atomic E-state index is 0.415. The van der Waals surface area contributed by atoms with Gasteiger partial charge in [-0.05, 0) is 47.6 Å². The molecule has 0 aliphatic heterocycles. The van der Waals surface area contributed by atoms with Gasteiger partial charge in [0, 0.05) is 10.7 Å². The van der Waals surface area contributed by atoms with Crippen LogP contribution in [0, 0.1) is 11.3 Å². The highest BCUT2D eigenvalue weighted by Gasteiger charge is 2.16. The van der Waals surface area contributed by atoms with Gasteiger partial charge in [-0.1, -0.05) is 48.0 Å². The number of furan rings is 1. The molecule has 0 unspecified atom stereocenters. The Bertz CT molecular complexity index is 920. The molecule has 6 heteroatoms. The van der Waals surface area contributed by atoms with Crippen molar-refractivity contribution in [3.8, 4) is 6.07 Å². The first-order valence-electron chi connectivity index (χ1n) is 7.98. The third-order valence-corrected chi connectivity index (χ3v) is 4.41. The van der Waals surface area contributed by atoms with Crippen molar-refractivity contribution in [1.82, 2.24) is 5.32 Å². The van der Waals surface area contributed by atoms with Crippen molar-refractivity contribution in [2.75, 3.05) is 5.32 Å². The van der Waals surface area contributed by atoms with Gasteiger partial charge in [0.15, 0.2) is 5.11 Å². The Morgan fingerprint density at radius 1 is 1.15 bits per heavy atom. The summed E-state index contributed by atoms with van der Waals surface area (Å²) in [5.41, 5.74) is 2.43. The highest BCUT2D eigenvalue weighted by Crippen LogP contribution is 2.31. The molecule has 0 bridgehead atoms. The van der Waals surface area contributed by atoms with E-state index in [-0.39, 0.29) is 0 Å². The molecular formula is C20H16ClN3OS. The summed E-state index contributed by atoms with van der Waals surface area (Å²) in [5.74, 6) is 0.379. The van der Waals surface area contributed by atoms with Gasteiger partial charge >= 0.3 is 0 Å². The third kappa shape index (κ3) is 4.42. The molecule has 0 aliphatic carbocycles. The smallest absolute Gasteiger partial charge is 0.171 e. The molecule has 2 N–H and O–H groups in total. The summed E-state index contributed by atoms with van der Waals surface area (Å²) in [6.07, 6.45) is 1.62. The lowest BCUT2D eigenvalue weighted by Crippen LogP contribution is -2.27. The number of nitrogens with one attached hydrogen (secondary N) is 2. The first kappa shape index (κ1) is 18.0. The molecule has 0 saturated carbocycles. The topological polar surface area (TPSA) is 61.0 Å². The van der Waals surface area contributed by atoms with E-state index in [1.807, 2.05) is 54.6 Å². The van der Waals surface area contributed by atoms with Crippen LogP contribution in [0.2, 0.25) is 5.02 Å². The van der Waals surface area contributed by atoms with Crippen LogP contribution in [-0.2, 0) is 6.54 Å². The van der Waals surface area contributed by atoms with Crippen LogP contribution < -0.4 is 10.6 Å². The summed E-state index contributed by atoms with van der Waals surface area (Å²) in [7, 11) is 0. The quantitative estimate of drug-likeness (QED) is 0.604. The molecule has 2 aromatic carbocycles. The van der Waals surface area contributed by atoms with Gasteiger partial charge in [0.25, 0.3) is 0 Å². The summed E-state index contributed by atoms with van der Waals surface area (Å²) in [5, 5.41) is 16.7. The number of nitrogens with zero attached hydrogens (tertiary/aromatic N) is 1. The Kier molecular flexibility index (Phi) is 5.90. The van der Waals surface area contributed by atoms with E-state index >= 15 is 0 Å². The predicted molar refractivity (Wildman–Crippen MR) is 107 cm³/mol. The van der Waals surface area contributed by atoms with Gasteiger partial charge in [0.2, 0.25) is 0 Å². The van der Waals surface area contributed by atoms with E-state index in [2.05, 4.69) is 16.7 Å². The van der Waals surface area contributed by atoms with E-state index in [1.54, 1.807) is 12.3 Å². The zero-order valence-corrected chi connectivity index (χ0v) is 15.3. The van der Waals surface area contributed by atoms with Crippen molar-refractivity contribution in [3.05, 3.63) is 88.8 Å². The maximum Gasteiger partial charge on any atom is 0.171 e. The van der Waals surface area contributed by atoms with Gasteiger partial charge < -0.3 is 15.1 Å². The van der Waals surface area contributed by atoms with Crippen LogP contribution in [0.25, 0.3) is 0 Å². The third-order valence-electron chi connectivity index (χ3n) is 3.83. The van der Waals surface area contributed by atoms with E-state index in [9.17, 15) is 5.26 Å². The first-order chi connectivity index (χ1) is 12.7. The normalized spacial score (nSPS) is 11.4. The van der Waals surface area contributed by atoms with Crippen LogP contribution in [0.15, 0.2) is 71.3 Å². The molecule has 1 atom stereocenters. The SMILES string of the molecule is N#C[C@H](c1ccccc1)c1ccc(NC(=S)NCc2ccco2)cc1Cl. The lowest BCUT2D eigenvalue weighted by Gasteiger charge is -2.14. The predicted octanol–water partition coefficient (Wildman–Crippen LogP) is 5.08. The monoisotopic (exact) mass is 381 g/mol. The van der Waals surface area contributed by atoms with Gasteiger partial charge in [0.1, 0.15) is 5.76 Å². The second-order valence-corrected chi connectivity index (χ2v) is 6.41. The lowest BCUT2D eigenvalue weighted by molar-refractivity contribution is 0.503. The lowest BCUT2D eigenvalue weighted by atomic mass is 9.92. The Morgan fingerprint density at radius 3 is 2.62 bits per heavy atom. The van der Waals surface area contributed by atoms with E-state index in [0.717, 1.165) is 22.6 Å². The molecule has 0 saturated heterocycles. The first-order valence-corrected chi connectivity index (χ1v) is 8.77. The molecule has 0 fully saturated rings. The van der Waals surface area contributed by atoms with E-state index < -0.39 is 5.92 Å². The number of halogens is 1. The van der Waals surface area contributed by atoms with Crippen LogP contribution in [0.5, 0.6) is 0 Å². The summed E-state index contributed by atoms with van der Waals surface area (Å²) in [6, 6.07) is 21.1. The number of rotatable bonds is 5. The average molecular weight is 382 g/mol. The van der Waals surface area contributed by atoms with Crippen molar-refractivity contribution in [2.24, 2.45) is 0 Å². The number of hydrogen-bond donors (Lipinski definition) is 2. The molecule has 130 valence electrons. The number of benzene rings is 2. The van der Waals surface area contributed by atoms with Gasteiger partial charge in [0.05, 0.1) is 24.8 Å². The molecule has 3 rings (SSSR count). The minimum Gasteiger partial charge on any atom is -0.467 e. The number of hydrogen-bond acceptors (Lipinski definition) is 3. The standard InChI is InChI=1S/C20H16ClN3OS/c21-19-11-15(24-20(26)23-13-16-7-4-10-25-16)8-9-17(19)18(12-22)14-5-2-1-3-6-14/h1-11,18H,13H2,(H2,23,24,26)/t18-/m1/s1. The molecule has 26 heavy (non-hydrogen) atoms. The van der Waals surface area contributed by atoms with Crippen molar-refractivity contribution in [3.63, 3.8) is 0 Å². The van der Waals surface area contributed by atoms with Crippen molar-refractivity contribution in [1.29, 1.82) is 5.26 Å². The molecule has 0 amide bonds. The van der Waals surface area contributed by atoms with Crippen molar-refractivity contribution < 1.29 is 4.42 Å². The molecule has 4 nitrogen and oxygen atoms in total. The van der Waals surface area contributed by atoms with Crippen molar-refractivity contribution >= 4 is 34.6 Å². The Labute approximate surface area is 162 Å². The van der Waals surface area contributed by atoms with Crippen LogP contribution >= 0.6 is 23.8 Å². The van der Waals surface area contributed by atoms with E-state index in [0.29, 0.717) is 16.7 Å². The van der Waals surface area contributed by atoms with Gasteiger partial charge in [-0.25, -0.2) is 0 Å². The second kappa shape index (κ2) is 8.52.